The lowest BCUT2D eigenvalue weighted by Gasteiger charge is -2.19. The summed E-state index contributed by atoms with van der Waals surface area (Å²) in [6.45, 7) is 1.68. The molecule has 0 aliphatic rings. The molecule has 0 spiro atoms. The molecule has 3 aromatic rings. The van der Waals surface area contributed by atoms with Gasteiger partial charge in [0, 0.05) is 0 Å². The number of benzene rings is 2. The maximum Gasteiger partial charge on any atom is 0.333 e. The van der Waals surface area contributed by atoms with Crippen LogP contribution in [-0.4, -0.2) is 22.1 Å². The average molecular weight is 423 g/mol. The minimum atomic E-state index is -1.28. The standard InChI is InChI=1S/C18H13BrF2N2O3/c1-2-26-18(25)16(10-4-3-5-11(20)8-10)23-9-22-13-7-6-12(19)15(21)14(13)17(23)24/h3-9,16H,2H2,1H3. The van der Waals surface area contributed by atoms with Crippen LogP contribution >= 0.6 is 15.9 Å². The smallest absolute Gasteiger partial charge is 0.333 e. The predicted molar refractivity (Wildman–Crippen MR) is 94.8 cm³/mol. The quantitative estimate of drug-likeness (QED) is 0.602. The highest BCUT2D eigenvalue weighted by atomic mass is 79.9. The predicted octanol–water partition coefficient (Wildman–Crippen LogP) is 3.59. The molecule has 0 N–H and O–H groups in total. The van der Waals surface area contributed by atoms with Crippen LogP contribution in [0.5, 0.6) is 0 Å². The summed E-state index contributed by atoms with van der Waals surface area (Å²) < 4.78 is 34.2. The molecule has 1 atom stereocenters. The lowest BCUT2D eigenvalue weighted by molar-refractivity contribution is -0.145. The van der Waals surface area contributed by atoms with Gasteiger partial charge in [-0.1, -0.05) is 12.1 Å². The third-order valence-electron chi connectivity index (χ3n) is 3.79. The van der Waals surface area contributed by atoms with Gasteiger partial charge < -0.3 is 4.74 Å². The van der Waals surface area contributed by atoms with Gasteiger partial charge in [-0.25, -0.2) is 18.6 Å². The zero-order chi connectivity index (χ0) is 18.8. The molecule has 1 aromatic heterocycles. The summed E-state index contributed by atoms with van der Waals surface area (Å²) in [5.41, 5.74) is -0.424. The van der Waals surface area contributed by atoms with Crippen LogP contribution in [0.3, 0.4) is 0 Å². The van der Waals surface area contributed by atoms with Crippen molar-refractivity contribution in [2.75, 3.05) is 6.61 Å². The summed E-state index contributed by atoms with van der Waals surface area (Å²) in [4.78, 5) is 29.4. The first-order valence-electron chi connectivity index (χ1n) is 7.71. The van der Waals surface area contributed by atoms with Gasteiger partial charge in [-0.3, -0.25) is 9.36 Å². The SMILES string of the molecule is CCOC(=O)C(c1cccc(F)c1)n1cnc2ccc(Br)c(F)c2c1=O. The average Bonchev–Trinajstić information content (AvgIpc) is 2.60. The Kier molecular flexibility index (Phi) is 5.13. The molecule has 2 aromatic carbocycles. The topological polar surface area (TPSA) is 61.2 Å². The van der Waals surface area contributed by atoms with Gasteiger partial charge in [0.1, 0.15) is 11.2 Å². The Morgan fingerprint density at radius 1 is 1.31 bits per heavy atom. The molecule has 26 heavy (non-hydrogen) atoms. The van der Waals surface area contributed by atoms with Crippen molar-refractivity contribution in [1.29, 1.82) is 0 Å². The number of hydrogen-bond donors (Lipinski definition) is 0. The molecule has 0 amide bonds. The van der Waals surface area contributed by atoms with Gasteiger partial charge >= 0.3 is 5.97 Å². The lowest BCUT2D eigenvalue weighted by Crippen LogP contribution is -2.32. The first-order chi connectivity index (χ1) is 12.4. The maximum absolute atomic E-state index is 14.4. The number of hydrogen-bond acceptors (Lipinski definition) is 4. The third-order valence-corrected chi connectivity index (χ3v) is 4.41. The van der Waals surface area contributed by atoms with E-state index in [1.807, 2.05) is 0 Å². The van der Waals surface area contributed by atoms with Gasteiger partial charge in [0.25, 0.3) is 5.56 Å². The number of ether oxygens (including phenoxy) is 1. The molecule has 0 aliphatic carbocycles. The van der Waals surface area contributed by atoms with Crippen molar-refractivity contribution in [3.05, 3.63) is 74.7 Å². The van der Waals surface area contributed by atoms with Crippen molar-refractivity contribution in [2.24, 2.45) is 0 Å². The highest BCUT2D eigenvalue weighted by Crippen LogP contribution is 2.24. The second-order valence-electron chi connectivity index (χ2n) is 5.42. The molecule has 134 valence electrons. The normalized spacial score (nSPS) is 12.2. The number of esters is 1. The summed E-state index contributed by atoms with van der Waals surface area (Å²) in [5, 5.41) is -0.271. The number of aromatic nitrogens is 2. The van der Waals surface area contributed by atoms with E-state index in [9.17, 15) is 18.4 Å². The summed E-state index contributed by atoms with van der Waals surface area (Å²) in [6.07, 6.45) is 1.13. The van der Waals surface area contributed by atoms with E-state index in [0.29, 0.717) is 0 Å². The van der Waals surface area contributed by atoms with Gasteiger partial charge in [-0.15, -0.1) is 0 Å². The summed E-state index contributed by atoms with van der Waals surface area (Å²) in [6, 6.07) is 6.86. The Hall–Kier alpha value is -2.61. The van der Waals surface area contributed by atoms with Gasteiger partial charge in [0.2, 0.25) is 0 Å². The Labute approximate surface area is 155 Å². The second kappa shape index (κ2) is 7.33. The van der Waals surface area contributed by atoms with E-state index in [1.54, 1.807) is 6.92 Å². The number of rotatable bonds is 4. The summed E-state index contributed by atoms with van der Waals surface area (Å²) >= 11 is 3.03. The van der Waals surface area contributed by atoms with Crippen LogP contribution < -0.4 is 5.56 Å². The van der Waals surface area contributed by atoms with E-state index in [4.69, 9.17) is 4.74 Å². The van der Waals surface area contributed by atoms with Crippen LogP contribution in [-0.2, 0) is 9.53 Å². The van der Waals surface area contributed by atoms with Gasteiger partial charge in [0.15, 0.2) is 11.9 Å². The largest absolute Gasteiger partial charge is 0.464 e. The lowest BCUT2D eigenvalue weighted by atomic mass is 10.1. The molecule has 1 unspecified atom stereocenters. The first-order valence-corrected chi connectivity index (χ1v) is 8.50. The Morgan fingerprint density at radius 3 is 2.77 bits per heavy atom. The number of halogens is 3. The molecule has 0 radical (unpaired) electrons. The highest BCUT2D eigenvalue weighted by Gasteiger charge is 2.27. The van der Waals surface area contributed by atoms with Crippen molar-refractivity contribution in [3.63, 3.8) is 0 Å². The van der Waals surface area contributed by atoms with Crippen LogP contribution in [0.25, 0.3) is 10.9 Å². The molecule has 0 fully saturated rings. The van der Waals surface area contributed by atoms with Crippen molar-refractivity contribution in [3.8, 4) is 0 Å². The van der Waals surface area contributed by atoms with Crippen LogP contribution in [0.2, 0.25) is 0 Å². The number of fused-ring (bicyclic) bond motifs is 1. The molecule has 1 heterocycles. The van der Waals surface area contributed by atoms with E-state index in [2.05, 4.69) is 20.9 Å². The first kappa shape index (κ1) is 18.2. The van der Waals surface area contributed by atoms with Crippen molar-refractivity contribution in [1.82, 2.24) is 9.55 Å². The number of carbonyl (C=O) groups is 1. The summed E-state index contributed by atoms with van der Waals surface area (Å²) in [5.74, 6) is -2.12. The third kappa shape index (κ3) is 3.24. The summed E-state index contributed by atoms with van der Waals surface area (Å²) in [7, 11) is 0. The Morgan fingerprint density at radius 2 is 2.08 bits per heavy atom. The maximum atomic E-state index is 14.4. The molecule has 0 bridgehead atoms. The van der Waals surface area contributed by atoms with E-state index in [1.165, 1.54) is 30.3 Å². The molecule has 8 heteroatoms. The second-order valence-corrected chi connectivity index (χ2v) is 6.28. The van der Waals surface area contributed by atoms with Gasteiger partial charge in [0.05, 0.1) is 22.9 Å². The monoisotopic (exact) mass is 422 g/mol. The fourth-order valence-corrected chi connectivity index (χ4v) is 2.98. The number of nitrogens with zero attached hydrogens (tertiary/aromatic N) is 2. The van der Waals surface area contributed by atoms with E-state index >= 15 is 0 Å². The van der Waals surface area contributed by atoms with Crippen molar-refractivity contribution < 1.29 is 18.3 Å². The zero-order valence-electron chi connectivity index (χ0n) is 13.6. The van der Waals surface area contributed by atoms with Crippen LogP contribution in [0, 0.1) is 11.6 Å². The van der Waals surface area contributed by atoms with Crippen LogP contribution in [0.1, 0.15) is 18.5 Å². The molecule has 3 rings (SSSR count). The van der Waals surface area contributed by atoms with Crippen molar-refractivity contribution in [2.45, 2.75) is 13.0 Å². The van der Waals surface area contributed by atoms with Crippen LogP contribution in [0.15, 0.2) is 52.0 Å². The fourth-order valence-electron chi connectivity index (χ4n) is 2.65. The van der Waals surface area contributed by atoms with E-state index in [0.717, 1.165) is 17.0 Å². The Balaban J connectivity index is 2.28. The highest BCUT2D eigenvalue weighted by molar-refractivity contribution is 9.10. The molecule has 0 saturated carbocycles. The van der Waals surface area contributed by atoms with E-state index in [-0.39, 0.29) is 27.5 Å². The molecule has 0 saturated heterocycles. The van der Waals surface area contributed by atoms with Crippen molar-refractivity contribution >= 4 is 32.8 Å². The molecule has 5 nitrogen and oxygen atoms in total. The Bertz CT molecular complexity index is 1050. The van der Waals surface area contributed by atoms with Gasteiger partial charge in [-0.05, 0) is 52.7 Å². The molecule has 0 aliphatic heterocycles. The van der Waals surface area contributed by atoms with E-state index < -0.39 is 29.2 Å². The number of carbonyl (C=O) groups excluding carboxylic acids is 1. The molecular formula is C18H13BrF2N2O3. The molecular weight excluding hydrogens is 410 g/mol. The zero-order valence-corrected chi connectivity index (χ0v) is 15.2. The van der Waals surface area contributed by atoms with Gasteiger partial charge in [-0.2, -0.15) is 0 Å². The fraction of sp³-hybridized carbons (Fsp3) is 0.167. The van der Waals surface area contributed by atoms with Crippen LogP contribution in [0.4, 0.5) is 8.78 Å². The minimum Gasteiger partial charge on any atom is -0.464 e. The minimum absolute atomic E-state index is 0.0698.